The van der Waals surface area contributed by atoms with E-state index in [0.717, 1.165) is 32.5 Å². The SMILES string of the molecule is CCCCC1=C2COCC(=C(CCCC)N=N1)C2. The van der Waals surface area contributed by atoms with Crippen molar-refractivity contribution in [1.29, 1.82) is 0 Å². The monoisotopic (exact) mass is 248 g/mol. The van der Waals surface area contributed by atoms with Gasteiger partial charge in [-0.15, -0.1) is 0 Å². The van der Waals surface area contributed by atoms with Gasteiger partial charge in [0.1, 0.15) is 0 Å². The molecule has 0 aromatic rings. The molecule has 0 aliphatic carbocycles. The van der Waals surface area contributed by atoms with E-state index in [1.807, 2.05) is 0 Å². The average molecular weight is 248 g/mol. The molecule has 18 heavy (non-hydrogen) atoms. The fourth-order valence-electron chi connectivity index (χ4n) is 2.43. The van der Waals surface area contributed by atoms with Gasteiger partial charge in [0, 0.05) is 0 Å². The van der Waals surface area contributed by atoms with Crippen LogP contribution in [0.5, 0.6) is 0 Å². The molecule has 2 aliphatic rings. The number of hydrogen-bond acceptors (Lipinski definition) is 3. The van der Waals surface area contributed by atoms with E-state index in [4.69, 9.17) is 4.74 Å². The molecule has 1 saturated heterocycles. The van der Waals surface area contributed by atoms with Crippen molar-refractivity contribution in [3.63, 3.8) is 0 Å². The molecule has 0 radical (unpaired) electrons. The maximum atomic E-state index is 5.70. The van der Waals surface area contributed by atoms with Crippen LogP contribution < -0.4 is 0 Å². The van der Waals surface area contributed by atoms with E-state index in [-0.39, 0.29) is 0 Å². The average Bonchev–Trinajstić information content (AvgIpc) is 2.52. The van der Waals surface area contributed by atoms with Crippen molar-refractivity contribution in [3.05, 3.63) is 22.5 Å². The first-order chi connectivity index (χ1) is 8.85. The molecule has 2 heterocycles. The number of unbranched alkanes of at least 4 members (excludes halogenated alkanes) is 2. The van der Waals surface area contributed by atoms with Gasteiger partial charge in [-0.1, -0.05) is 26.7 Å². The fourth-order valence-corrected chi connectivity index (χ4v) is 2.43. The zero-order chi connectivity index (χ0) is 12.8. The third kappa shape index (κ3) is 3.29. The number of azo groups is 1. The van der Waals surface area contributed by atoms with E-state index >= 15 is 0 Å². The molecule has 1 fully saturated rings. The third-order valence-electron chi connectivity index (χ3n) is 3.62. The first-order valence-corrected chi connectivity index (χ1v) is 7.26. The Morgan fingerprint density at radius 2 is 1.39 bits per heavy atom. The second kappa shape index (κ2) is 6.83. The summed E-state index contributed by atoms with van der Waals surface area (Å²) in [7, 11) is 0. The van der Waals surface area contributed by atoms with E-state index in [1.54, 1.807) is 0 Å². The number of hydrogen-bond donors (Lipinski definition) is 0. The number of nitrogens with zero attached hydrogens (tertiary/aromatic N) is 2. The molecule has 0 N–H and O–H groups in total. The fraction of sp³-hybridized carbons (Fsp3) is 0.733. The minimum absolute atomic E-state index is 0.753. The molecule has 2 aliphatic heterocycles. The van der Waals surface area contributed by atoms with Gasteiger partial charge in [0.05, 0.1) is 24.6 Å². The summed E-state index contributed by atoms with van der Waals surface area (Å²) < 4.78 is 5.70. The van der Waals surface area contributed by atoms with Crippen LogP contribution in [0.2, 0.25) is 0 Å². The normalized spacial score (nSPS) is 19.4. The van der Waals surface area contributed by atoms with E-state index < -0.39 is 0 Å². The Labute approximate surface area is 110 Å². The van der Waals surface area contributed by atoms with Crippen LogP contribution in [0.15, 0.2) is 32.8 Å². The van der Waals surface area contributed by atoms with Gasteiger partial charge in [0.15, 0.2) is 0 Å². The highest BCUT2D eigenvalue weighted by atomic mass is 16.5. The number of ether oxygens (including phenoxy) is 1. The Balaban J connectivity index is 2.13. The number of allylic oxidation sites excluding steroid dienone is 2. The summed E-state index contributed by atoms with van der Waals surface area (Å²) in [5, 5.41) is 9.01. The molecule has 0 saturated carbocycles. The molecule has 0 aromatic carbocycles. The summed E-state index contributed by atoms with van der Waals surface area (Å²) in [4.78, 5) is 0. The summed E-state index contributed by atoms with van der Waals surface area (Å²) in [5.41, 5.74) is 5.08. The van der Waals surface area contributed by atoms with E-state index in [1.165, 1.54) is 48.2 Å². The lowest BCUT2D eigenvalue weighted by atomic mass is 9.98. The standard InChI is InChI=1S/C15H24N2O/c1-3-5-7-14-12-9-13(11-18-10-12)15(17-16-14)8-6-4-2/h3-11H2,1-2H3. The van der Waals surface area contributed by atoms with Crippen LogP contribution >= 0.6 is 0 Å². The predicted octanol–water partition coefficient (Wildman–Crippen LogP) is 4.76. The molecule has 100 valence electrons. The van der Waals surface area contributed by atoms with Gasteiger partial charge in [-0.2, -0.15) is 10.2 Å². The van der Waals surface area contributed by atoms with Crippen molar-refractivity contribution in [1.82, 2.24) is 0 Å². The van der Waals surface area contributed by atoms with Crippen LogP contribution in [-0.4, -0.2) is 13.2 Å². The molecule has 0 amide bonds. The van der Waals surface area contributed by atoms with Crippen LogP contribution in [0.1, 0.15) is 58.8 Å². The topological polar surface area (TPSA) is 34.0 Å². The van der Waals surface area contributed by atoms with E-state index in [9.17, 15) is 0 Å². The van der Waals surface area contributed by atoms with Gasteiger partial charge >= 0.3 is 0 Å². The molecule has 2 rings (SSSR count). The van der Waals surface area contributed by atoms with E-state index in [2.05, 4.69) is 24.1 Å². The molecule has 0 spiro atoms. The minimum Gasteiger partial charge on any atom is -0.373 e. The first kappa shape index (κ1) is 13.5. The Kier molecular flexibility index (Phi) is 5.12. The molecular weight excluding hydrogens is 224 g/mol. The van der Waals surface area contributed by atoms with Crippen molar-refractivity contribution in [2.45, 2.75) is 58.8 Å². The minimum atomic E-state index is 0.753. The highest BCUT2D eigenvalue weighted by Crippen LogP contribution is 2.32. The Hall–Kier alpha value is -0.960. The smallest absolute Gasteiger partial charge is 0.0705 e. The first-order valence-electron chi connectivity index (χ1n) is 7.26. The number of rotatable bonds is 6. The van der Waals surface area contributed by atoms with Crippen molar-refractivity contribution in [2.75, 3.05) is 13.2 Å². The number of fused-ring (bicyclic) bond motifs is 2. The molecule has 0 atom stereocenters. The van der Waals surface area contributed by atoms with Crippen LogP contribution in [0.4, 0.5) is 0 Å². The quantitative estimate of drug-likeness (QED) is 0.667. The summed E-state index contributed by atoms with van der Waals surface area (Å²) in [6.07, 6.45) is 7.94. The van der Waals surface area contributed by atoms with Gasteiger partial charge in [-0.3, -0.25) is 0 Å². The lowest BCUT2D eigenvalue weighted by molar-refractivity contribution is 0.159. The largest absolute Gasteiger partial charge is 0.373 e. The Morgan fingerprint density at radius 1 is 0.889 bits per heavy atom. The van der Waals surface area contributed by atoms with Gasteiger partial charge in [-0.25, -0.2) is 0 Å². The molecule has 0 unspecified atom stereocenters. The zero-order valence-corrected chi connectivity index (χ0v) is 11.7. The summed E-state index contributed by atoms with van der Waals surface area (Å²) in [6, 6.07) is 0. The Bertz CT molecular complexity index is 346. The van der Waals surface area contributed by atoms with Crippen molar-refractivity contribution < 1.29 is 4.74 Å². The van der Waals surface area contributed by atoms with Crippen LogP contribution in [0.3, 0.4) is 0 Å². The third-order valence-corrected chi connectivity index (χ3v) is 3.62. The zero-order valence-electron chi connectivity index (χ0n) is 11.7. The van der Waals surface area contributed by atoms with Crippen LogP contribution in [0.25, 0.3) is 0 Å². The molecular formula is C15H24N2O. The summed E-state index contributed by atoms with van der Waals surface area (Å²) >= 11 is 0. The van der Waals surface area contributed by atoms with Gasteiger partial charge in [0.2, 0.25) is 0 Å². The molecule has 2 bridgehead atoms. The maximum Gasteiger partial charge on any atom is 0.0705 e. The van der Waals surface area contributed by atoms with Crippen LogP contribution in [-0.2, 0) is 4.74 Å². The predicted molar refractivity (Wildman–Crippen MR) is 73.4 cm³/mol. The summed E-state index contributed by atoms with van der Waals surface area (Å²) in [6.45, 7) is 5.94. The molecule has 0 aromatic heterocycles. The lowest BCUT2D eigenvalue weighted by Crippen LogP contribution is -2.13. The second-order valence-electron chi connectivity index (χ2n) is 5.18. The molecule has 3 heteroatoms. The van der Waals surface area contributed by atoms with Crippen molar-refractivity contribution in [3.8, 4) is 0 Å². The van der Waals surface area contributed by atoms with E-state index in [0.29, 0.717) is 0 Å². The summed E-state index contributed by atoms with van der Waals surface area (Å²) in [5.74, 6) is 0. The van der Waals surface area contributed by atoms with Crippen LogP contribution in [0, 0.1) is 0 Å². The van der Waals surface area contributed by atoms with Gasteiger partial charge in [-0.05, 0) is 43.3 Å². The lowest BCUT2D eigenvalue weighted by Gasteiger charge is -2.19. The highest BCUT2D eigenvalue weighted by Gasteiger charge is 2.20. The highest BCUT2D eigenvalue weighted by molar-refractivity contribution is 5.29. The second-order valence-corrected chi connectivity index (χ2v) is 5.18. The van der Waals surface area contributed by atoms with Crippen molar-refractivity contribution >= 4 is 0 Å². The molecule has 3 nitrogen and oxygen atoms in total. The van der Waals surface area contributed by atoms with Crippen molar-refractivity contribution in [2.24, 2.45) is 10.2 Å². The maximum absolute atomic E-state index is 5.70. The Morgan fingerprint density at radius 3 is 1.83 bits per heavy atom. The van der Waals surface area contributed by atoms with Gasteiger partial charge < -0.3 is 4.74 Å². The van der Waals surface area contributed by atoms with Gasteiger partial charge in [0.25, 0.3) is 0 Å².